The lowest BCUT2D eigenvalue weighted by Crippen LogP contribution is -2.33. The molecule has 1 aromatic heterocycles. The van der Waals surface area contributed by atoms with E-state index in [9.17, 15) is 14.0 Å². The summed E-state index contributed by atoms with van der Waals surface area (Å²) in [6.45, 7) is 3.76. The van der Waals surface area contributed by atoms with Crippen molar-refractivity contribution in [3.63, 3.8) is 0 Å². The number of nitrogens with zero attached hydrogens (tertiary/aromatic N) is 3. The highest BCUT2D eigenvalue weighted by Gasteiger charge is 2.38. The minimum absolute atomic E-state index is 0.0223. The van der Waals surface area contributed by atoms with Crippen molar-refractivity contribution in [2.24, 2.45) is 0 Å². The first-order valence-corrected chi connectivity index (χ1v) is 8.63. The summed E-state index contributed by atoms with van der Waals surface area (Å²) in [6, 6.07) is 5.50. The lowest BCUT2D eigenvalue weighted by molar-refractivity contribution is -0.123. The number of halogens is 1. The molecule has 1 fully saturated rings. The maximum absolute atomic E-state index is 13.8. The number of carbonyl (C=O) groups excluding carboxylic acids is 2. The van der Waals surface area contributed by atoms with Crippen molar-refractivity contribution >= 4 is 18.2 Å². The summed E-state index contributed by atoms with van der Waals surface area (Å²) in [5, 5.41) is 14.4. The molecule has 0 atom stereocenters. The van der Waals surface area contributed by atoms with Gasteiger partial charge >= 0.3 is 6.03 Å². The molecule has 1 aliphatic heterocycles. The Kier molecular flexibility index (Phi) is 5.53. The fraction of sp³-hybridized carbons (Fsp3) is 0.263. The van der Waals surface area contributed by atoms with E-state index in [-0.39, 0.29) is 18.8 Å². The summed E-state index contributed by atoms with van der Waals surface area (Å²) in [5.41, 5.74) is 2.01. The Hall–Kier alpha value is -3.49. The molecular formula is C19H20FN5O3. The van der Waals surface area contributed by atoms with E-state index < -0.39 is 17.8 Å². The van der Waals surface area contributed by atoms with Crippen LogP contribution < -0.4 is 5.32 Å². The van der Waals surface area contributed by atoms with Gasteiger partial charge in [-0.05, 0) is 19.9 Å². The third kappa shape index (κ3) is 3.78. The van der Waals surface area contributed by atoms with Crippen molar-refractivity contribution in [2.45, 2.75) is 26.9 Å². The Balaban J connectivity index is 1.71. The predicted molar refractivity (Wildman–Crippen MR) is 98.7 cm³/mol. The summed E-state index contributed by atoms with van der Waals surface area (Å²) in [6.07, 6.45) is 2.34. The van der Waals surface area contributed by atoms with Crippen LogP contribution in [0.25, 0.3) is 0 Å². The van der Waals surface area contributed by atoms with Gasteiger partial charge in [-0.3, -0.25) is 4.79 Å². The number of imide groups is 1. The van der Waals surface area contributed by atoms with Crippen LogP contribution in [0.5, 0.6) is 0 Å². The highest BCUT2D eigenvalue weighted by atomic mass is 19.1. The standard InChI is InChI=1S/C19H20FN5O3/c1-12-16(13(2)28-23-12)9-22-8-15(7-21)25-18(26)11-24(19(25)27)10-14-5-3-4-6-17(14)20/h3-8,21-22H,9-11H2,1-2H3/b15-8+,21-7?. The van der Waals surface area contributed by atoms with Gasteiger partial charge in [0.15, 0.2) is 0 Å². The van der Waals surface area contributed by atoms with Crippen LogP contribution in [0.3, 0.4) is 0 Å². The molecule has 0 aliphatic carbocycles. The molecule has 1 saturated heterocycles. The SMILES string of the molecule is Cc1noc(C)c1CN/C=C(\C=N)N1C(=O)CN(Cc2ccccc2F)C1=O. The fourth-order valence-corrected chi connectivity index (χ4v) is 2.94. The van der Waals surface area contributed by atoms with E-state index in [4.69, 9.17) is 9.93 Å². The van der Waals surface area contributed by atoms with Crippen LogP contribution in [0.15, 0.2) is 40.7 Å². The topological polar surface area (TPSA) is 103 Å². The van der Waals surface area contributed by atoms with Crippen LogP contribution in [0.2, 0.25) is 0 Å². The largest absolute Gasteiger partial charge is 0.385 e. The number of amides is 3. The molecule has 146 valence electrons. The van der Waals surface area contributed by atoms with Gasteiger partial charge < -0.3 is 20.1 Å². The van der Waals surface area contributed by atoms with E-state index in [1.165, 1.54) is 17.2 Å². The zero-order valence-corrected chi connectivity index (χ0v) is 15.5. The lowest BCUT2D eigenvalue weighted by atomic mass is 10.2. The summed E-state index contributed by atoms with van der Waals surface area (Å²) >= 11 is 0. The van der Waals surface area contributed by atoms with Crippen LogP contribution in [0.4, 0.5) is 9.18 Å². The fourth-order valence-electron chi connectivity index (χ4n) is 2.94. The number of nitrogens with one attached hydrogen (secondary N) is 2. The molecule has 8 nitrogen and oxygen atoms in total. The number of hydrogen-bond acceptors (Lipinski definition) is 6. The molecule has 0 unspecified atom stereocenters. The van der Waals surface area contributed by atoms with Gasteiger partial charge in [0.1, 0.15) is 18.1 Å². The van der Waals surface area contributed by atoms with Crippen LogP contribution in [-0.4, -0.2) is 39.7 Å². The van der Waals surface area contributed by atoms with Gasteiger partial charge in [-0.1, -0.05) is 23.4 Å². The molecule has 28 heavy (non-hydrogen) atoms. The number of carbonyl (C=O) groups is 2. The zero-order valence-electron chi connectivity index (χ0n) is 15.5. The van der Waals surface area contributed by atoms with Gasteiger partial charge in [-0.2, -0.15) is 0 Å². The first-order chi connectivity index (χ1) is 13.4. The summed E-state index contributed by atoms with van der Waals surface area (Å²) in [4.78, 5) is 27.1. The lowest BCUT2D eigenvalue weighted by Gasteiger charge is -2.18. The molecule has 2 N–H and O–H groups in total. The van der Waals surface area contributed by atoms with Crippen molar-refractivity contribution in [3.8, 4) is 0 Å². The minimum Gasteiger partial charge on any atom is -0.385 e. The van der Waals surface area contributed by atoms with Gasteiger partial charge in [0.05, 0.1) is 17.9 Å². The first-order valence-electron chi connectivity index (χ1n) is 8.63. The second kappa shape index (κ2) is 8.03. The monoisotopic (exact) mass is 385 g/mol. The van der Waals surface area contributed by atoms with Crippen LogP contribution in [0, 0.1) is 25.1 Å². The average Bonchev–Trinajstić information content (AvgIpc) is 3.13. The van der Waals surface area contributed by atoms with E-state index in [1.54, 1.807) is 25.1 Å². The Morgan fingerprint density at radius 3 is 2.75 bits per heavy atom. The van der Waals surface area contributed by atoms with E-state index in [2.05, 4.69) is 10.5 Å². The molecule has 0 bridgehead atoms. The summed E-state index contributed by atoms with van der Waals surface area (Å²) in [7, 11) is 0. The summed E-state index contributed by atoms with van der Waals surface area (Å²) in [5.74, 6) is -0.250. The van der Waals surface area contributed by atoms with E-state index >= 15 is 0 Å². The number of rotatable bonds is 7. The first kappa shape index (κ1) is 19.3. The molecule has 3 amide bonds. The molecule has 1 aliphatic rings. The molecule has 0 saturated carbocycles. The van der Waals surface area contributed by atoms with Crippen LogP contribution >= 0.6 is 0 Å². The van der Waals surface area contributed by atoms with Gasteiger partial charge in [0.2, 0.25) is 0 Å². The normalized spacial score (nSPS) is 14.8. The van der Waals surface area contributed by atoms with Crippen molar-refractivity contribution in [1.29, 1.82) is 5.41 Å². The number of hydrogen-bond donors (Lipinski definition) is 2. The zero-order chi connectivity index (χ0) is 20.3. The molecule has 2 aromatic rings. The molecule has 1 aromatic carbocycles. The van der Waals surface area contributed by atoms with Gasteiger partial charge in [-0.15, -0.1) is 0 Å². The smallest absolute Gasteiger partial charge is 0.332 e. The van der Waals surface area contributed by atoms with E-state index in [0.29, 0.717) is 17.9 Å². The minimum atomic E-state index is -0.595. The van der Waals surface area contributed by atoms with Crippen molar-refractivity contribution in [1.82, 2.24) is 20.3 Å². The second-order valence-electron chi connectivity index (χ2n) is 6.36. The molecule has 9 heteroatoms. The Labute approximate surface area is 161 Å². The maximum atomic E-state index is 13.8. The average molecular weight is 385 g/mol. The Morgan fingerprint density at radius 1 is 1.36 bits per heavy atom. The Bertz CT molecular complexity index is 933. The predicted octanol–water partition coefficient (Wildman–Crippen LogP) is 2.48. The Morgan fingerprint density at radius 2 is 2.11 bits per heavy atom. The number of benzene rings is 1. The molecule has 0 radical (unpaired) electrons. The van der Waals surface area contributed by atoms with Gasteiger partial charge in [0, 0.05) is 30.1 Å². The van der Waals surface area contributed by atoms with Gasteiger partial charge in [-0.25, -0.2) is 14.1 Å². The highest BCUT2D eigenvalue weighted by molar-refractivity contribution is 6.07. The molecule has 2 heterocycles. The number of aromatic nitrogens is 1. The summed E-state index contributed by atoms with van der Waals surface area (Å²) < 4.78 is 18.9. The third-order valence-corrected chi connectivity index (χ3v) is 4.47. The molecular weight excluding hydrogens is 365 g/mol. The number of aryl methyl sites for hydroxylation is 2. The van der Waals surface area contributed by atoms with Crippen molar-refractivity contribution in [2.75, 3.05) is 6.54 Å². The molecule has 0 spiro atoms. The number of allylic oxidation sites excluding steroid dienone is 1. The van der Waals surface area contributed by atoms with E-state index in [0.717, 1.165) is 22.4 Å². The third-order valence-electron chi connectivity index (χ3n) is 4.47. The second-order valence-corrected chi connectivity index (χ2v) is 6.36. The van der Waals surface area contributed by atoms with Crippen molar-refractivity contribution in [3.05, 3.63) is 64.6 Å². The van der Waals surface area contributed by atoms with Crippen LogP contribution in [0.1, 0.15) is 22.6 Å². The maximum Gasteiger partial charge on any atom is 0.332 e. The van der Waals surface area contributed by atoms with E-state index in [1.807, 2.05) is 6.92 Å². The van der Waals surface area contributed by atoms with Crippen molar-refractivity contribution < 1.29 is 18.5 Å². The highest BCUT2D eigenvalue weighted by Crippen LogP contribution is 2.19. The number of urea groups is 1. The molecule has 3 rings (SSSR count). The quantitative estimate of drug-likeness (QED) is 0.563. The van der Waals surface area contributed by atoms with Crippen LogP contribution in [-0.2, 0) is 17.9 Å². The van der Waals surface area contributed by atoms with Gasteiger partial charge in [0.25, 0.3) is 5.91 Å².